The van der Waals surface area contributed by atoms with Crippen molar-refractivity contribution in [3.05, 3.63) is 76.1 Å². The van der Waals surface area contributed by atoms with Crippen molar-refractivity contribution in [2.24, 2.45) is 5.92 Å². The first kappa shape index (κ1) is 19.3. The summed E-state index contributed by atoms with van der Waals surface area (Å²) in [6.45, 7) is 4.17. The summed E-state index contributed by atoms with van der Waals surface area (Å²) in [5, 5.41) is 13.8. The summed E-state index contributed by atoms with van der Waals surface area (Å²) in [6, 6.07) is 13.6. The zero-order valence-corrected chi connectivity index (χ0v) is 15.8. The van der Waals surface area contributed by atoms with Crippen molar-refractivity contribution < 1.29 is 9.72 Å². The number of amides is 1. The quantitative estimate of drug-likeness (QED) is 0.362. The highest BCUT2D eigenvalue weighted by atomic mass is 16.6. The summed E-state index contributed by atoms with van der Waals surface area (Å²) in [5.74, 6) is 0.795. The van der Waals surface area contributed by atoms with Crippen molar-refractivity contribution in [1.82, 2.24) is 15.3 Å². The SMILES string of the molecule is CC(C)C[C@H](NC(=O)/C=C/c1cccc([N+](=O)[O-])c1)c1nc2ccccc2[nH]1. The molecule has 1 aromatic heterocycles. The molecule has 28 heavy (non-hydrogen) atoms. The molecule has 0 bridgehead atoms. The van der Waals surface area contributed by atoms with Gasteiger partial charge in [0.05, 0.1) is 22.0 Å². The average molecular weight is 378 g/mol. The van der Waals surface area contributed by atoms with Gasteiger partial charge >= 0.3 is 0 Å². The minimum atomic E-state index is -0.461. The second-order valence-electron chi connectivity index (χ2n) is 7.02. The number of hydrogen-bond acceptors (Lipinski definition) is 4. The molecule has 0 saturated heterocycles. The highest BCUT2D eigenvalue weighted by Crippen LogP contribution is 2.22. The number of nitro benzene ring substituents is 1. The van der Waals surface area contributed by atoms with E-state index in [2.05, 4.69) is 29.1 Å². The van der Waals surface area contributed by atoms with Crippen molar-refractivity contribution in [3.8, 4) is 0 Å². The first-order valence-corrected chi connectivity index (χ1v) is 9.10. The molecule has 144 valence electrons. The standard InChI is InChI=1S/C21H22N4O3/c1-14(2)12-19(21-23-17-8-3-4-9-18(17)24-21)22-20(26)11-10-15-6-5-7-16(13-15)25(27)28/h3-11,13-14,19H,12H2,1-2H3,(H,22,26)(H,23,24)/b11-10+/t19-/m0/s1. The Morgan fingerprint density at radius 2 is 2.04 bits per heavy atom. The molecular formula is C21H22N4O3. The van der Waals surface area contributed by atoms with E-state index in [0.717, 1.165) is 17.5 Å². The van der Waals surface area contributed by atoms with Gasteiger partial charge in [0, 0.05) is 18.2 Å². The largest absolute Gasteiger partial charge is 0.343 e. The molecule has 0 aliphatic heterocycles. The van der Waals surface area contributed by atoms with Crippen LogP contribution in [0, 0.1) is 16.0 Å². The van der Waals surface area contributed by atoms with Crippen LogP contribution in [0.1, 0.15) is 37.7 Å². The second kappa shape index (κ2) is 8.47. The number of carbonyl (C=O) groups excluding carboxylic acids is 1. The van der Waals surface area contributed by atoms with E-state index < -0.39 is 4.92 Å². The molecule has 7 nitrogen and oxygen atoms in total. The normalized spacial score (nSPS) is 12.5. The number of carbonyl (C=O) groups is 1. The number of nitrogens with zero attached hydrogens (tertiary/aromatic N) is 2. The first-order chi connectivity index (χ1) is 13.4. The molecule has 0 spiro atoms. The van der Waals surface area contributed by atoms with Gasteiger partial charge in [-0.15, -0.1) is 0 Å². The van der Waals surface area contributed by atoms with Gasteiger partial charge in [0.15, 0.2) is 0 Å². The Morgan fingerprint density at radius 1 is 1.25 bits per heavy atom. The molecular weight excluding hydrogens is 356 g/mol. The van der Waals surface area contributed by atoms with Crippen molar-refractivity contribution in [1.29, 1.82) is 0 Å². The number of rotatable bonds is 7. The number of para-hydroxylation sites is 2. The van der Waals surface area contributed by atoms with E-state index >= 15 is 0 Å². The summed E-state index contributed by atoms with van der Waals surface area (Å²) in [4.78, 5) is 30.7. The topological polar surface area (TPSA) is 101 Å². The molecule has 0 aliphatic rings. The number of benzene rings is 2. The van der Waals surface area contributed by atoms with E-state index in [1.54, 1.807) is 18.2 Å². The molecule has 7 heteroatoms. The van der Waals surface area contributed by atoms with Crippen LogP contribution in [0.2, 0.25) is 0 Å². The fourth-order valence-electron chi connectivity index (χ4n) is 2.98. The number of hydrogen-bond donors (Lipinski definition) is 2. The maximum absolute atomic E-state index is 12.4. The summed E-state index contributed by atoms with van der Waals surface area (Å²) in [6.07, 6.45) is 3.68. The number of imidazole rings is 1. The fraction of sp³-hybridized carbons (Fsp3) is 0.238. The van der Waals surface area contributed by atoms with E-state index in [4.69, 9.17) is 0 Å². The number of nitro groups is 1. The molecule has 0 radical (unpaired) electrons. The Balaban J connectivity index is 1.76. The van der Waals surface area contributed by atoms with Crippen LogP contribution >= 0.6 is 0 Å². The molecule has 3 rings (SSSR count). The minimum absolute atomic E-state index is 0.0116. The number of H-pyrrole nitrogens is 1. The van der Waals surface area contributed by atoms with Gasteiger partial charge in [-0.25, -0.2) is 4.98 Å². The third kappa shape index (κ3) is 4.82. The Bertz CT molecular complexity index is 990. The molecule has 0 aliphatic carbocycles. The van der Waals surface area contributed by atoms with Crippen LogP contribution in [0.15, 0.2) is 54.6 Å². The van der Waals surface area contributed by atoms with E-state index in [1.165, 1.54) is 18.2 Å². The second-order valence-corrected chi connectivity index (χ2v) is 7.02. The molecule has 3 aromatic rings. The monoisotopic (exact) mass is 378 g/mol. The number of nitrogens with one attached hydrogen (secondary N) is 2. The van der Waals surface area contributed by atoms with Gasteiger partial charge in [-0.05, 0) is 36.1 Å². The zero-order chi connectivity index (χ0) is 20.1. The van der Waals surface area contributed by atoms with Crippen LogP contribution in [0.25, 0.3) is 17.1 Å². The molecule has 0 fully saturated rings. The van der Waals surface area contributed by atoms with Crippen LogP contribution in [0.4, 0.5) is 5.69 Å². The van der Waals surface area contributed by atoms with Gasteiger partial charge in [-0.1, -0.05) is 38.1 Å². The zero-order valence-electron chi connectivity index (χ0n) is 15.8. The highest BCUT2D eigenvalue weighted by Gasteiger charge is 2.19. The van der Waals surface area contributed by atoms with Crippen molar-refractivity contribution in [2.45, 2.75) is 26.3 Å². The van der Waals surface area contributed by atoms with E-state index in [1.807, 2.05) is 24.3 Å². The Hall–Kier alpha value is -3.48. The summed E-state index contributed by atoms with van der Waals surface area (Å²) >= 11 is 0. The fourth-order valence-corrected chi connectivity index (χ4v) is 2.98. The van der Waals surface area contributed by atoms with Crippen molar-refractivity contribution in [2.75, 3.05) is 0 Å². The van der Waals surface area contributed by atoms with Gasteiger partial charge in [0.2, 0.25) is 5.91 Å². The van der Waals surface area contributed by atoms with Gasteiger partial charge in [0.25, 0.3) is 5.69 Å². The molecule has 1 heterocycles. The predicted molar refractivity (Wildman–Crippen MR) is 109 cm³/mol. The molecule has 2 aromatic carbocycles. The average Bonchev–Trinajstić information content (AvgIpc) is 3.10. The lowest BCUT2D eigenvalue weighted by atomic mass is 10.0. The lowest BCUT2D eigenvalue weighted by Gasteiger charge is -2.17. The maximum Gasteiger partial charge on any atom is 0.270 e. The molecule has 0 saturated carbocycles. The predicted octanol–water partition coefficient (Wildman–Crippen LogP) is 4.39. The van der Waals surface area contributed by atoms with E-state index in [0.29, 0.717) is 17.3 Å². The Morgan fingerprint density at radius 3 is 2.75 bits per heavy atom. The lowest BCUT2D eigenvalue weighted by molar-refractivity contribution is -0.384. The Kier molecular flexibility index (Phi) is 5.84. The molecule has 2 N–H and O–H groups in total. The molecule has 0 unspecified atom stereocenters. The van der Waals surface area contributed by atoms with E-state index in [-0.39, 0.29) is 17.6 Å². The van der Waals surface area contributed by atoms with Gasteiger partial charge in [-0.3, -0.25) is 14.9 Å². The van der Waals surface area contributed by atoms with Crippen LogP contribution in [-0.2, 0) is 4.79 Å². The van der Waals surface area contributed by atoms with Crippen molar-refractivity contribution >= 4 is 28.7 Å². The van der Waals surface area contributed by atoms with Crippen LogP contribution < -0.4 is 5.32 Å². The van der Waals surface area contributed by atoms with E-state index in [9.17, 15) is 14.9 Å². The lowest BCUT2D eigenvalue weighted by Crippen LogP contribution is -2.28. The number of fused-ring (bicyclic) bond motifs is 1. The number of non-ortho nitro benzene ring substituents is 1. The summed E-state index contributed by atoms with van der Waals surface area (Å²) in [5.41, 5.74) is 2.36. The van der Waals surface area contributed by atoms with Crippen LogP contribution in [-0.4, -0.2) is 20.8 Å². The van der Waals surface area contributed by atoms with Gasteiger partial charge in [-0.2, -0.15) is 0 Å². The maximum atomic E-state index is 12.4. The molecule has 1 amide bonds. The van der Waals surface area contributed by atoms with Crippen LogP contribution in [0.5, 0.6) is 0 Å². The molecule has 1 atom stereocenters. The third-order valence-electron chi connectivity index (χ3n) is 4.27. The minimum Gasteiger partial charge on any atom is -0.343 e. The summed E-state index contributed by atoms with van der Waals surface area (Å²) in [7, 11) is 0. The first-order valence-electron chi connectivity index (χ1n) is 9.10. The van der Waals surface area contributed by atoms with Crippen LogP contribution in [0.3, 0.4) is 0 Å². The smallest absolute Gasteiger partial charge is 0.270 e. The third-order valence-corrected chi connectivity index (χ3v) is 4.27. The highest BCUT2D eigenvalue weighted by molar-refractivity contribution is 5.92. The van der Waals surface area contributed by atoms with Crippen molar-refractivity contribution in [3.63, 3.8) is 0 Å². The van der Waals surface area contributed by atoms with Gasteiger partial charge in [0.1, 0.15) is 5.82 Å². The summed E-state index contributed by atoms with van der Waals surface area (Å²) < 4.78 is 0. The number of aromatic nitrogens is 2. The Labute approximate surface area is 162 Å². The number of aromatic amines is 1. The van der Waals surface area contributed by atoms with Gasteiger partial charge < -0.3 is 10.3 Å².